The molecule has 4 heteroatoms. The second-order valence-corrected chi connectivity index (χ2v) is 17.3. The lowest BCUT2D eigenvalue weighted by atomic mass is 10.1. The lowest BCUT2D eigenvalue weighted by Gasteiger charge is -2.22. The van der Waals surface area contributed by atoms with Gasteiger partial charge in [0, 0.05) is 0 Å². The summed E-state index contributed by atoms with van der Waals surface area (Å²) in [4.78, 5) is 0. The molecule has 0 heterocycles. The molecule has 0 saturated carbocycles. The van der Waals surface area contributed by atoms with Crippen molar-refractivity contribution in [2.45, 2.75) is 13.2 Å². The third-order valence-electron chi connectivity index (χ3n) is 9.35. The quantitative estimate of drug-likeness (QED) is 0.110. The van der Waals surface area contributed by atoms with Gasteiger partial charge in [-0.3, -0.25) is 0 Å². The monoisotopic (exact) mass is 734 g/mol. The van der Waals surface area contributed by atoms with Gasteiger partial charge in [0.15, 0.2) is 0 Å². The van der Waals surface area contributed by atoms with Crippen molar-refractivity contribution in [1.82, 2.24) is 0 Å². The van der Waals surface area contributed by atoms with Gasteiger partial charge < -0.3 is 9.47 Å². The van der Waals surface area contributed by atoms with Crippen LogP contribution >= 0.6 is 15.8 Å². The summed E-state index contributed by atoms with van der Waals surface area (Å²) in [5, 5.41) is 7.96. The summed E-state index contributed by atoms with van der Waals surface area (Å²) in [5.74, 6) is 1.70. The summed E-state index contributed by atoms with van der Waals surface area (Å²) in [6.07, 6.45) is 0. The Kier molecular flexibility index (Phi) is 11.3. The van der Waals surface area contributed by atoms with Gasteiger partial charge >= 0.3 is 0 Å². The minimum Gasteiger partial charge on any atom is -0.489 e. The zero-order valence-corrected chi connectivity index (χ0v) is 31.7. The third kappa shape index (κ3) is 8.38. The fourth-order valence-corrected chi connectivity index (χ4v) is 11.6. The summed E-state index contributed by atoms with van der Waals surface area (Å²) < 4.78 is 12.8. The summed E-state index contributed by atoms with van der Waals surface area (Å²) in [7, 11) is -1.43. The predicted octanol–water partition coefficient (Wildman–Crippen LogP) is 10.0. The molecule has 0 unspecified atom stereocenters. The molecule has 0 fully saturated rings. The highest BCUT2D eigenvalue weighted by molar-refractivity contribution is 7.80. The second-order valence-electron chi connectivity index (χ2n) is 12.9. The van der Waals surface area contributed by atoms with E-state index in [4.69, 9.17) is 9.47 Å². The number of rotatable bonds is 13. The van der Waals surface area contributed by atoms with Crippen LogP contribution in [0.2, 0.25) is 0 Å². The Balaban J connectivity index is 0.940. The molecule has 0 aliphatic rings. The van der Waals surface area contributed by atoms with E-state index in [9.17, 15) is 0 Å². The SMILES string of the molecule is c1ccc(P(c2ccccc2)c2ccccc2COc2ccc(-c3ccc(OCc4ccccc4P(c4ccccc4)c4ccccc4)cc3)cc2)cc1. The number of hydrogen-bond acceptors (Lipinski definition) is 2. The first-order valence-corrected chi connectivity index (χ1v) is 20.9. The molecule has 0 atom stereocenters. The number of benzene rings is 8. The van der Waals surface area contributed by atoms with Crippen molar-refractivity contribution in [3.05, 3.63) is 230 Å². The van der Waals surface area contributed by atoms with Crippen LogP contribution in [0.1, 0.15) is 11.1 Å². The largest absolute Gasteiger partial charge is 0.489 e. The summed E-state index contributed by atoms with van der Waals surface area (Å²) in [6.45, 7) is 1.00. The topological polar surface area (TPSA) is 18.5 Å². The van der Waals surface area contributed by atoms with Gasteiger partial charge in [-0.25, -0.2) is 0 Å². The average molecular weight is 735 g/mol. The first kappa shape index (κ1) is 35.3. The highest BCUT2D eigenvalue weighted by atomic mass is 31.1. The summed E-state index contributed by atoms with van der Waals surface area (Å²) in [5.41, 5.74) is 4.67. The highest BCUT2D eigenvalue weighted by Gasteiger charge is 2.21. The first-order valence-electron chi connectivity index (χ1n) is 18.2. The molecule has 262 valence electrons. The molecular formula is C50H40O2P2. The van der Waals surface area contributed by atoms with Crippen LogP contribution in [-0.2, 0) is 13.2 Å². The van der Waals surface area contributed by atoms with E-state index < -0.39 is 15.8 Å². The van der Waals surface area contributed by atoms with E-state index in [-0.39, 0.29) is 0 Å². The Morgan fingerprint density at radius 3 is 0.870 bits per heavy atom. The predicted molar refractivity (Wildman–Crippen MR) is 231 cm³/mol. The molecule has 0 aliphatic carbocycles. The van der Waals surface area contributed by atoms with Crippen LogP contribution in [0.3, 0.4) is 0 Å². The fourth-order valence-electron chi connectivity index (χ4n) is 6.67. The van der Waals surface area contributed by atoms with Gasteiger partial charge in [-0.2, -0.15) is 0 Å². The maximum atomic E-state index is 6.41. The van der Waals surface area contributed by atoms with Crippen molar-refractivity contribution in [3.8, 4) is 22.6 Å². The van der Waals surface area contributed by atoms with Crippen LogP contribution in [0.25, 0.3) is 11.1 Å². The van der Waals surface area contributed by atoms with E-state index in [1.54, 1.807) is 0 Å². The first-order chi connectivity index (χ1) is 26.8. The summed E-state index contributed by atoms with van der Waals surface area (Å²) >= 11 is 0. The lowest BCUT2D eigenvalue weighted by molar-refractivity contribution is 0.307. The van der Waals surface area contributed by atoms with E-state index in [0.29, 0.717) is 13.2 Å². The van der Waals surface area contributed by atoms with E-state index in [2.05, 4.69) is 218 Å². The minimum absolute atomic E-state index is 0.502. The molecule has 0 aliphatic heterocycles. The Hall–Kier alpha value is -5.78. The molecular weight excluding hydrogens is 694 g/mol. The zero-order chi connectivity index (χ0) is 36.4. The molecule has 8 aromatic rings. The molecule has 8 rings (SSSR count). The molecule has 54 heavy (non-hydrogen) atoms. The Bertz CT molecular complexity index is 2110. The Morgan fingerprint density at radius 1 is 0.278 bits per heavy atom. The highest BCUT2D eigenvalue weighted by Crippen LogP contribution is 2.36. The van der Waals surface area contributed by atoms with Crippen molar-refractivity contribution in [3.63, 3.8) is 0 Å². The normalized spacial score (nSPS) is 11.1. The van der Waals surface area contributed by atoms with E-state index in [1.165, 1.54) is 43.0 Å². The van der Waals surface area contributed by atoms with E-state index in [1.807, 2.05) is 0 Å². The van der Waals surface area contributed by atoms with Crippen LogP contribution in [0.4, 0.5) is 0 Å². The van der Waals surface area contributed by atoms with Crippen LogP contribution in [0.5, 0.6) is 11.5 Å². The fraction of sp³-hybridized carbons (Fsp3) is 0.0400. The average Bonchev–Trinajstić information content (AvgIpc) is 3.25. The Labute approximate surface area is 321 Å². The van der Waals surface area contributed by atoms with Gasteiger partial charge in [0.25, 0.3) is 0 Å². The van der Waals surface area contributed by atoms with Crippen LogP contribution in [0, 0.1) is 0 Å². The minimum atomic E-state index is -0.716. The van der Waals surface area contributed by atoms with E-state index in [0.717, 1.165) is 22.6 Å². The lowest BCUT2D eigenvalue weighted by Crippen LogP contribution is -2.23. The Morgan fingerprint density at radius 2 is 0.556 bits per heavy atom. The standard InChI is InChI=1S/C50H40O2P2/c1-5-19-45(20-6-1)53(46-21-7-2-8-22-46)49-27-15-13-17-41(49)37-51-43-33-29-39(30-34-43)40-31-35-44(36-32-40)52-38-42-18-14-16-28-50(42)54(47-23-9-3-10-24-47)48-25-11-4-12-26-48/h1-36H,37-38H2. The van der Waals surface area contributed by atoms with Crippen LogP contribution in [0.15, 0.2) is 218 Å². The van der Waals surface area contributed by atoms with Gasteiger partial charge in [-0.15, -0.1) is 0 Å². The van der Waals surface area contributed by atoms with Gasteiger partial charge in [0.1, 0.15) is 24.7 Å². The molecule has 0 aromatic heterocycles. The van der Waals surface area contributed by atoms with Crippen LogP contribution < -0.4 is 41.3 Å². The van der Waals surface area contributed by atoms with Gasteiger partial charge in [0.05, 0.1) is 0 Å². The number of ether oxygens (including phenoxy) is 2. The van der Waals surface area contributed by atoms with Crippen molar-refractivity contribution in [2.75, 3.05) is 0 Å². The molecule has 8 aromatic carbocycles. The summed E-state index contributed by atoms with van der Waals surface area (Å²) in [6, 6.07) is 77.4. The maximum absolute atomic E-state index is 6.41. The third-order valence-corrected chi connectivity index (χ3v) is 14.4. The van der Waals surface area contributed by atoms with Gasteiger partial charge in [-0.05, 0) is 94.2 Å². The number of hydrogen-bond donors (Lipinski definition) is 0. The molecule has 0 spiro atoms. The van der Waals surface area contributed by atoms with Crippen molar-refractivity contribution in [1.29, 1.82) is 0 Å². The van der Waals surface area contributed by atoms with Crippen LogP contribution in [-0.4, -0.2) is 0 Å². The van der Waals surface area contributed by atoms with E-state index >= 15 is 0 Å². The van der Waals surface area contributed by atoms with Gasteiger partial charge in [-0.1, -0.05) is 194 Å². The van der Waals surface area contributed by atoms with Crippen molar-refractivity contribution in [2.24, 2.45) is 0 Å². The molecule has 0 radical (unpaired) electrons. The smallest absolute Gasteiger partial charge is 0.119 e. The van der Waals surface area contributed by atoms with Gasteiger partial charge in [0.2, 0.25) is 0 Å². The van der Waals surface area contributed by atoms with Crippen molar-refractivity contribution >= 4 is 47.7 Å². The maximum Gasteiger partial charge on any atom is 0.119 e. The second kappa shape index (κ2) is 17.4. The molecule has 2 nitrogen and oxygen atoms in total. The molecule has 0 N–H and O–H groups in total. The molecule has 0 bridgehead atoms. The van der Waals surface area contributed by atoms with Crippen molar-refractivity contribution < 1.29 is 9.47 Å². The zero-order valence-electron chi connectivity index (χ0n) is 29.9. The molecule has 0 saturated heterocycles. The molecule has 0 amide bonds.